The Morgan fingerprint density at radius 1 is 1.47 bits per heavy atom. The van der Waals surface area contributed by atoms with Gasteiger partial charge in [-0.3, -0.25) is 0 Å². The highest BCUT2D eigenvalue weighted by molar-refractivity contribution is 9.10. The molecule has 1 aromatic rings. The molecule has 1 aromatic carbocycles. The summed E-state index contributed by atoms with van der Waals surface area (Å²) in [7, 11) is 0. The fourth-order valence-electron chi connectivity index (χ4n) is 1.82. The van der Waals surface area contributed by atoms with Crippen molar-refractivity contribution in [2.24, 2.45) is 0 Å². The Morgan fingerprint density at radius 2 is 2.20 bits per heavy atom. The standard InChI is InChI=1S/C10H11BrN2O2/c11-8-1-2-9(12)7-5-13(10(14)15)4-3-6(7)8/h1-2H,3-5,12H2,(H,14,15). The van der Waals surface area contributed by atoms with Gasteiger partial charge in [0.05, 0.1) is 6.54 Å². The lowest BCUT2D eigenvalue weighted by Gasteiger charge is -2.28. The van der Waals surface area contributed by atoms with E-state index in [0.29, 0.717) is 25.2 Å². The number of fused-ring (bicyclic) bond motifs is 1. The number of rotatable bonds is 0. The number of amides is 1. The van der Waals surface area contributed by atoms with Crippen molar-refractivity contribution in [2.45, 2.75) is 13.0 Å². The van der Waals surface area contributed by atoms with Gasteiger partial charge in [-0.2, -0.15) is 0 Å². The van der Waals surface area contributed by atoms with E-state index in [1.165, 1.54) is 4.90 Å². The minimum absolute atomic E-state index is 0.385. The summed E-state index contributed by atoms with van der Waals surface area (Å²) in [6.45, 7) is 0.917. The predicted molar refractivity (Wildman–Crippen MR) is 60.7 cm³/mol. The van der Waals surface area contributed by atoms with Crippen LogP contribution in [-0.2, 0) is 13.0 Å². The van der Waals surface area contributed by atoms with Crippen LogP contribution in [0.5, 0.6) is 0 Å². The predicted octanol–water partition coefficient (Wildman–Crippen LogP) is 2.07. The number of hydrogen-bond acceptors (Lipinski definition) is 2. The lowest BCUT2D eigenvalue weighted by molar-refractivity contribution is 0.140. The number of carboxylic acid groups (broad SMARTS) is 1. The molecule has 0 spiro atoms. The molecule has 4 nitrogen and oxygen atoms in total. The van der Waals surface area contributed by atoms with E-state index in [-0.39, 0.29) is 0 Å². The monoisotopic (exact) mass is 270 g/mol. The number of nitrogens with zero attached hydrogens (tertiary/aromatic N) is 1. The van der Waals surface area contributed by atoms with E-state index in [4.69, 9.17) is 10.8 Å². The summed E-state index contributed by atoms with van der Waals surface area (Å²) >= 11 is 3.45. The van der Waals surface area contributed by atoms with Gasteiger partial charge in [-0.1, -0.05) is 15.9 Å². The Balaban J connectivity index is 2.41. The number of nitrogen functional groups attached to an aromatic ring is 1. The van der Waals surface area contributed by atoms with Crippen LogP contribution in [0.25, 0.3) is 0 Å². The molecule has 0 saturated heterocycles. The molecule has 0 radical (unpaired) electrons. The van der Waals surface area contributed by atoms with Crippen LogP contribution in [0.3, 0.4) is 0 Å². The third-order valence-electron chi connectivity index (χ3n) is 2.66. The quantitative estimate of drug-likeness (QED) is 0.710. The summed E-state index contributed by atoms with van der Waals surface area (Å²) in [5, 5.41) is 8.90. The second-order valence-electron chi connectivity index (χ2n) is 3.55. The van der Waals surface area contributed by atoms with Gasteiger partial charge in [0.25, 0.3) is 0 Å². The highest BCUT2D eigenvalue weighted by Gasteiger charge is 2.22. The van der Waals surface area contributed by atoms with Crippen molar-refractivity contribution >= 4 is 27.7 Å². The molecular formula is C10H11BrN2O2. The topological polar surface area (TPSA) is 66.6 Å². The maximum Gasteiger partial charge on any atom is 0.407 e. The summed E-state index contributed by atoms with van der Waals surface area (Å²) in [6.07, 6.45) is -0.173. The average Bonchev–Trinajstić information content (AvgIpc) is 2.23. The number of carbonyl (C=O) groups is 1. The van der Waals surface area contributed by atoms with E-state index < -0.39 is 6.09 Å². The number of nitrogens with two attached hydrogens (primary N) is 1. The molecule has 3 N–H and O–H groups in total. The molecule has 0 atom stereocenters. The van der Waals surface area contributed by atoms with Crippen LogP contribution < -0.4 is 5.73 Å². The molecule has 80 valence electrons. The summed E-state index contributed by atoms with van der Waals surface area (Å²) in [6, 6.07) is 3.71. The van der Waals surface area contributed by atoms with Crippen molar-refractivity contribution in [1.29, 1.82) is 0 Å². The Morgan fingerprint density at radius 3 is 2.87 bits per heavy atom. The molecule has 1 aliphatic heterocycles. The van der Waals surface area contributed by atoms with Crippen molar-refractivity contribution in [2.75, 3.05) is 12.3 Å². The lowest BCUT2D eigenvalue weighted by Crippen LogP contribution is -2.35. The van der Waals surface area contributed by atoms with Crippen LogP contribution >= 0.6 is 15.9 Å². The third kappa shape index (κ3) is 1.79. The van der Waals surface area contributed by atoms with Crippen LogP contribution in [0.1, 0.15) is 11.1 Å². The minimum Gasteiger partial charge on any atom is -0.465 e. The molecule has 0 saturated carbocycles. The molecule has 1 aliphatic rings. The van der Waals surface area contributed by atoms with Crippen molar-refractivity contribution in [3.05, 3.63) is 27.7 Å². The highest BCUT2D eigenvalue weighted by Crippen LogP contribution is 2.30. The van der Waals surface area contributed by atoms with Crippen LogP contribution in [0, 0.1) is 0 Å². The smallest absolute Gasteiger partial charge is 0.407 e. The molecule has 15 heavy (non-hydrogen) atoms. The normalized spacial score (nSPS) is 14.9. The second kappa shape index (κ2) is 3.73. The molecule has 2 rings (SSSR count). The number of halogens is 1. The van der Waals surface area contributed by atoms with Gasteiger partial charge in [-0.15, -0.1) is 0 Å². The zero-order chi connectivity index (χ0) is 11.0. The highest BCUT2D eigenvalue weighted by atomic mass is 79.9. The van der Waals surface area contributed by atoms with E-state index in [2.05, 4.69) is 15.9 Å². The zero-order valence-electron chi connectivity index (χ0n) is 8.03. The number of benzene rings is 1. The Labute approximate surface area is 95.8 Å². The van der Waals surface area contributed by atoms with E-state index in [0.717, 1.165) is 15.6 Å². The van der Waals surface area contributed by atoms with Crippen LogP contribution in [0.2, 0.25) is 0 Å². The van der Waals surface area contributed by atoms with E-state index in [1.54, 1.807) is 6.07 Å². The van der Waals surface area contributed by atoms with Crippen LogP contribution in [0.15, 0.2) is 16.6 Å². The van der Waals surface area contributed by atoms with E-state index in [1.807, 2.05) is 6.07 Å². The van der Waals surface area contributed by atoms with Crippen molar-refractivity contribution < 1.29 is 9.90 Å². The molecule has 1 amide bonds. The van der Waals surface area contributed by atoms with Crippen LogP contribution in [0.4, 0.5) is 10.5 Å². The van der Waals surface area contributed by atoms with Gasteiger partial charge in [0.2, 0.25) is 0 Å². The minimum atomic E-state index is -0.889. The second-order valence-corrected chi connectivity index (χ2v) is 4.40. The lowest BCUT2D eigenvalue weighted by atomic mass is 9.98. The molecule has 0 bridgehead atoms. The first-order valence-electron chi connectivity index (χ1n) is 4.63. The first-order valence-corrected chi connectivity index (χ1v) is 5.42. The number of anilines is 1. The first-order chi connectivity index (χ1) is 7.09. The molecule has 0 aromatic heterocycles. The van der Waals surface area contributed by atoms with Gasteiger partial charge in [0, 0.05) is 16.7 Å². The van der Waals surface area contributed by atoms with Gasteiger partial charge in [0.15, 0.2) is 0 Å². The van der Waals surface area contributed by atoms with E-state index >= 15 is 0 Å². The molecular weight excluding hydrogens is 260 g/mol. The summed E-state index contributed by atoms with van der Waals surface area (Å²) in [5.41, 5.74) is 8.56. The summed E-state index contributed by atoms with van der Waals surface area (Å²) in [5.74, 6) is 0. The molecule has 5 heteroatoms. The third-order valence-corrected chi connectivity index (χ3v) is 3.40. The van der Waals surface area contributed by atoms with Gasteiger partial charge in [-0.05, 0) is 29.7 Å². The maximum absolute atomic E-state index is 10.8. The van der Waals surface area contributed by atoms with Crippen molar-refractivity contribution in [1.82, 2.24) is 4.90 Å². The number of hydrogen-bond donors (Lipinski definition) is 2. The van der Waals surface area contributed by atoms with Gasteiger partial charge in [0.1, 0.15) is 0 Å². The maximum atomic E-state index is 10.8. The zero-order valence-corrected chi connectivity index (χ0v) is 9.62. The van der Waals surface area contributed by atoms with Gasteiger partial charge >= 0.3 is 6.09 Å². The largest absolute Gasteiger partial charge is 0.465 e. The Bertz CT molecular complexity index is 420. The molecule has 0 unspecified atom stereocenters. The molecule has 0 fully saturated rings. The summed E-state index contributed by atoms with van der Waals surface area (Å²) in [4.78, 5) is 12.2. The first kappa shape index (κ1) is 10.3. The SMILES string of the molecule is Nc1ccc(Br)c2c1CN(C(=O)O)CC2. The molecule has 0 aliphatic carbocycles. The van der Waals surface area contributed by atoms with E-state index in [9.17, 15) is 4.79 Å². The van der Waals surface area contributed by atoms with Crippen molar-refractivity contribution in [3.63, 3.8) is 0 Å². The molecule has 1 heterocycles. The van der Waals surface area contributed by atoms with Crippen LogP contribution in [-0.4, -0.2) is 22.6 Å². The Hall–Kier alpha value is -1.23. The fraction of sp³-hybridized carbons (Fsp3) is 0.300. The van der Waals surface area contributed by atoms with Gasteiger partial charge < -0.3 is 15.7 Å². The average molecular weight is 271 g/mol. The Kier molecular flexibility index (Phi) is 2.56. The van der Waals surface area contributed by atoms with Gasteiger partial charge in [-0.25, -0.2) is 4.79 Å². The summed E-state index contributed by atoms with van der Waals surface area (Å²) < 4.78 is 1.01. The fourth-order valence-corrected chi connectivity index (χ4v) is 2.39. The van der Waals surface area contributed by atoms with Crippen molar-refractivity contribution in [3.8, 4) is 0 Å².